The number of hydrogen-bond acceptors (Lipinski definition) is 5. The van der Waals surface area contributed by atoms with Gasteiger partial charge in [-0.1, -0.05) is 55.6 Å². The second-order valence-corrected chi connectivity index (χ2v) is 9.17. The Morgan fingerprint density at radius 2 is 1.97 bits per heavy atom. The number of amides is 2. The summed E-state index contributed by atoms with van der Waals surface area (Å²) in [7, 11) is 1.66. The average molecular weight is 474 g/mol. The van der Waals surface area contributed by atoms with E-state index in [0.717, 1.165) is 12.2 Å². The molecule has 170 valence electrons. The fraction of sp³-hybridized carbons (Fsp3) is 0.375. The Labute approximate surface area is 198 Å². The van der Waals surface area contributed by atoms with Crippen LogP contribution >= 0.6 is 23.4 Å². The Balaban J connectivity index is 1.50. The monoisotopic (exact) mass is 473 g/mol. The van der Waals surface area contributed by atoms with Crippen LogP contribution in [-0.2, 0) is 9.59 Å². The molecule has 32 heavy (non-hydrogen) atoms. The minimum atomic E-state index is -0.510. The number of nitrogens with zero attached hydrogens (tertiary/aromatic N) is 2. The predicted octanol–water partition coefficient (Wildman–Crippen LogP) is 5.89. The molecule has 1 heterocycles. The van der Waals surface area contributed by atoms with Crippen molar-refractivity contribution in [3.63, 3.8) is 0 Å². The molecule has 1 aliphatic heterocycles. The molecule has 6 nitrogen and oxygen atoms in total. The number of halogens is 1. The minimum Gasteiger partial charge on any atom is -0.494 e. The van der Waals surface area contributed by atoms with Gasteiger partial charge in [-0.3, -0.25) is 14.5 Å². The van der Waals surface area contributed by atoms with Gasteiger partial charge in [0.1, 0.15) is 11.0 Å². The van der Waals surface area contributed by atoms with Crippen LogP contribution in [0.2, 0.25) is 5.02 Å². The lowest BCUT2D eigenvalue weighted by Gasteiger charge is -2.10. The molecule has 2 aromatic carbocycles. The van der Waals surface area contributed by atoms with Crippen LogP contribution in [0.15, 0.2) is 53.5 Å². The van der Waals surface area contributed by atoms with E-state index in [1.54, 1.807) is 37.4 Å². The first-order valence-corrected chi connectivity index (χ1v) is 12.0. The van der Waals surface area contributed by atoms with E-state index >= 15 is 0 Å². The topological polar surface area (TPSA) is 71.0 Å². The van der Waals surface area contributed by atoms with Crippen LogP contribution in [0.5, 0.6) is 5.75 Å². The molecule has 1 N–H and O–H groups in total. The van der Waals surface area contributed by atoms with Gasteiger partial charge in [0, 0.05) is 24.2 Å². The zero-order valence-corrected chi connectivity index (χ0v) is 19.9. The van der Waals surface area contributed by atoms with Gasteiger partial charge in [0.2, 0.25) is 11.8 Å². The van der Waals surface area contributed by atoms with Crippen LogP contribution in [0.4, 0.5) is 11.4 Å². The number of benzene rings is 2. The number of ether oxygens (including phenoxy) is 1. The van der Waals surface area contributed by atoms with Gasteiger partial charge in [0.05, 0.1) is 12.3 Å². The maximum atomic E-state index is 12.6. The van der Waals surface area contributed by atoms with Gasteiger partial charge >= 0.3 is 0 Å². The maximum absolute atomic E-state index is 12.6. The Bertz CT molecular complexity index is 965. The number of aliphatic imine (C=N–C) groups is 1. The molecule has 8 heteroatoms. The molecule has 0 aromatic heterocycles. The number of rotatable bonds is 10. The van der Waals surface area contributed by atoms with Crippen LogP contribution in [0.1, 0.15) is 39.0 Å². The second kappa shape index (κ2) is 11.9. The number of carbonyl (C=O) groups is 2. The van der Waals surface area contributed by atoms with E-state index in [4.69, 9.17) is 16.3 Å². The second-order valence-electron chi connectivity index (χ2n) is 7.56. The quantitative estimate of drug-likeness (QED) is 0.437. The number of unbranched alkanes of at least 4 members (excludes halogenated alkanes) is 3. The third-order valence-corrected chi connectivity index (χ3v) is 6.41. The van der Waals surface area contributed by atoms with Crippen LogP contribution in [-0.4, -0.2) is 40.8 Å². The van der Waals surface area contributed by atoms with E-state index in [2.05, 4.69) is 17.2 Å². The molecule has 2 aromatic rings. The summed E-state index contributed by atoms with van der Waals surface area (Å²) in [6.07, 6.45) is 4.70. The van der Waals surface area contributed by atoms with Gasteiger partial charge in [0.25, 0.3) is 0 Å². The third kappa shape index (κ3) is 7.00. The highest BCUT2D eigenvalue weighted by atomic mass is 35.5. The summed E-state index contributed by atoms with van der Waals surface area (Å²) in [5, 5.41) is 3.47. The van der Waals surface area contributed by atoms with Gasteiger partial charge < -0.3 is 10.1 Å². The Morgan fingerprint density at radius 3 is 2.69 bits per heavy atom. The van der Waals surface area contributed by atoms with Crippen molar-refractivity contribution in [3.05, 3.63) is 53.6 Å². The lowest BCUT2D eigenvalue weighted by Crippen LogP contribution is -2.30. The van der Waals surface area contributed by atoms with Crippen molar-refractivity contribution >= 4 is 51.7 Å². The zero-order chi connectivity index (χ0) is 22.9. The van der Waals surface area contributed by atoms with Gasteiger partial charge in [0.15, 0.2) is 5.17 Å². The van der Waals surface area contributed by atoms with Crippen molar-refractivity contribution in [1.29, 1.82) is 0 Å². The fourth-order valence-corrected chi connectivity index (χ4v) is 4.53. The number of anilines is 1. The van der Waals surface area contributed by atoms with E-state index in [9.17, 15) is 9.59 Å². The fourth-order valence-electron chi connectivity index (χ4n) is 3.19. The Hall–Kier alpha value is -2.51. The molecular formula is C24H28ClN3O3S. The van der Waals surface area contributed by atoms with Crippen molar-refractivity contribution in [2.45, 2.75) is 44.3 Å². The van der Waals surface area contributed by atoms with Gasteiger partial charge in [-0.15, -0.1) is 0 Å². The van der Waals surface area contributed by atoms with Gasteiger partial charge in [-0.2, -0.15) is 0 Å². The van der Waals surface area contributed by atoms with Crippen molar-refractivity contribution in [2.75, 3.05) is 19.0 Å². The summed E-state index contributed by atoms with van der Waals surface area (Å²) in [4.78, 5) is 31.1. The summed E-state index contributed by atoms with van der Waals surface area (Å²) in [5.41, 5.74) is 1.34. The normalized spacial score (nSPS) is 17.1. The summed E-state index contributed by atoms with van der Waals surface area (Å²) in [6.45, 7) is 2.88. The summed E-state index contributed by atoms with van der Waals surface area (Å²) in [6, 6.07) is 14.4. The molecule has 0 aliphatic carbocycles. The number of amidine groups is 1. The summed E-state index contributed by atoms with van der Waals surface area (Å²) in [5.74, 6) is 0.420. The van der Waals surface area contributed by atoms with Crippen LogP contribution in [0.25, 0.3) is 0 Å². The van der Waals surface area contributed by atoms with Crippen LogP contribution < -0.4 is 10.1 Å². The molecule has 0 radical (unpaired) electrons. The van der Waals surface area contributed by atoms with E-state index in [1.807, 2.05) is 18.2 Å². The SMILES string of the molecule is CCCCCCOc1ccc(NC(=O)C[C@H]2SC(=Nc3cccc(Cl)c3)N(C)C2=O)cc1. The molecule has 1 saturated heterocycles. The van der Waals surface area contributed by atoms with Crippen molar-refractivity contribution in [2.24, 2.45) is 4.99 Å². The van der Waals surface area contributed by atoms with Crippen molar-refractivity contribution in [1.82, 2.24) is 4.90 Å². The minimum absolute atomic E-state index is 0.0675. The molecule has 0 spiro atoms. The molecule has 0 saturated carbocycles. The van der Waals surface area contributed by atoms with Crippen molar-refractivity contribution in [3.8, 4) is 5.75 Å². The van der Waals surface area contributed by atoms with Gasteiger partial charge in [-0.25, -0.2) is 4.99 Å². The van der Waals surface area contributed by atoms with Crippen LogP contribution in [0.3, 0.4) is 0 Å². The van der Waals surface area contributed by atoms with Crippen molar-refractivity contribution < 1.29 is 14.3 Å². The summed E-state index contributed by atoms with van der Waals surface area (Å²) >= 11 is 7.29. The van der Waals surface area contributed by atoms with E-state index in [1.165, 1.54) is 35.9 Å². The Kier molecular flexibility index (Phi) is 9.00. The molecule has 1 fully saturated rings. The molecule has 0 unspecified atom stereocenters. The molecule has 2 amide bonds. The van der Waals surface area contributed by atoms with E-state index < -0.39 is 5.25 Å². The highest BCUT2D eigenvalue weighted by Gasteiger charge is 2.37. The first kappa shape index (κ1) is 24.1. The maximum Gasteiger partial charge on any atom is 0.242 e. The Morgan fingerprint density at radius 1 is 1.19 bits per heavy atom. The lowest BCUT2D eigenvalue weighted by atomic mass is 10.2. The van der Waals surface area contributed by atoms with Gasteiger partial charge in [-0.05, 0) is 48.9 Å². The molecular weight excluding hydrogens is 446 g/mol. The summed E-state index contributed by atoms with van der Waals surface area (Å²) < 4.78 is 5.73. The zero-order valence-electron chi connectivity index (χ0n) is 18.3. The predicted molar refractivity (Wildman–Crippen MR) is 132 cm³/mol. The standard InChI is InChI=1S/C24H28ClN3O3S/c1-3-4-5-6-14-31-20-12-10-18(11-13-20)26-22(29)16-21-23(30)28(2)24(32-21)27-19-9-7-8-17(25)15-19/h7-13,15,21H,3-6,14,16H2,1-2H3,(H,26,29)/t21-/m1/s1. The first-order valence-electron chi connectivity index (χ1n) is 10.8. The first-order chi connectivity index (χ1) is 15.5. The van der Waals surface area contributed by atoms with Crippen LogP contribution in [0, 0.1) is 0 Å². The molecule has 0 bridgehead atoms. The molecule has 1 atom stereocenters. The number of nitrogens with one attached hydrogen (secondary N) is 1. The number of thioether (sulfide) groups is 1. The third-order valence-electron chi connectivity index (χ3n) is 4.95. The lowest BCUT2D eigenvalue weighted by molar-refractivity contribution is -0.127. The highest BCUT2D eigenvalue weighted by molar-refractivity contribution is 8.15. The molecule has 3 rings (SSSR count). The largest absolute Gasteiger partial charge is 0.494 e. The number of hydrogen-bond donors (Lipinski definition) is 1. The van der Waals surface area contributed by atoms with E-state index in [-0.39, 0.29) is 18.2 Å². The highest BCUT2D eigenvalue weighted by Crippen LogP contribution is 2.31. The smallest absolute Gasteiger partial charge is 0.242 e. The number of carbonyl (C=O) groups excluding carboxylic acids is 2. The molecule has 1 aliphatic rings. The average Bonchev–Trinajstić information content (AvgIpc) is 3.02. The van der Waals surface area contributed by atoms with E-state index in [0.29, 0.717) is 28.2 Å².